The lowest BCUT2D eigenvalue weighted by molar-refractivity contribution is 0.130. The third-order valence-corrected chi connectivity index (χ3v) is 1.31. The molecule has 0 radical (unpaired) electrons. The Kier molecular flexibility index (Phi) is 2.48. The summed E-state index contributed by atoms with van der Waals surface area (Å²) in [6.45, 7) is 1.88. The highest BCUT2D eigenvalue weighted by Gasteiger charge is 2.02. The lowest BCUT2D eigenvalue weighted by Gasteiger charge is -2.04. The summed E-state index contributed by atoms with van der Waals surface area (Å²) in [5.41, 5.74) is 2.14. The standard InChI is InChI=1S/C7H11NO2/c1-6(8-9)5-7-3-2-4-10-7/h2-4,6,8-9H,5H2,1H3. The van der Waals surface area contributed by atoms with Gasteiger partial charge in [-0.1, -0.05) is 0 Å². The van der Waals surface area contributed by atoms with E-state index in [4.69, 9.17) is 9.62 Å². The maximum absolute atomic E-state index is 8.44. The quantitative estimate of drug-likeness (QED) is 0.621. The summed E-state index contributed by atoms with van der Waals surface area (Å²) in [7, 11) is 0. The number of hydrogen-bond donors (Lipinski definition) is 2. The van der Waals surface area contributed by atoms with Crippen molar-refractivity contribution in [3.8, 4) is 0 Å². The smallest absolute Gasteiger partial charge is 0.105 e. The van der Waals surface area contributed by atoms with Crippen LogP contribution in [0.4, 0.5) is 0 Å². The van der Waals surface area contributed by atoms with Crippen LogP contribution >= 0.6 is 0 Å². The predicted octanol–water partition coefficient (Wildman–Crippen LogP) is 1.19. The fourth-order valence-corrected chi connectivity index (χ4v) is 0.776. The summed E-state index contributed by atoms with van der Waals surface area (Å²) in [4.78, 5) is 0. The van der Waals surface area contributed by atoms with Crippen molar-refractivity contribution in [3.05, 3.63) is 24.2 Å². The Bertz CT molecular complexity index is 172. The zero-order chi connectivity index (χ0) is 7.40. The second-order valence-electron chi connectivity index (χ2n) is 2.31. The van der Waals surface area contributed by atoms with Crippen molar-refractivity contribution in [2.45, 2.75) is 19.4 Å². The molecule has 0 saturated carbocycles. The molecular weight excluding hydrogens is 130 g/mol. The molecule has 2 N–H and O–H groups in total. The zero-order valence-electron chi connectivity index (χ0n) is 5.87. The van der Waals surface area contributed by atoms with Crippen molar-refractivity contribution in [1.29, 1.82) is 0 Å². The monoisotopic (exact) mass is 141 g/mol. The average Bonchev–Trinajstić information content (AvgIpc) is 2.40. The zero-order valence-corrected chi connectivity index (χ0v) is 5.87. The second-order valence-corrected chi connectivity index (χ2v) is 2.31. The highest BCUT2D eigenvalue weighted by molar-refractivity contribution is 4.99. The van der Waals surface area contributed by atoms with E-state index >= 15 is 0 Å². The summed E-state index contributed by atoms with van der Waals surface area (Å²) in [6.07, 6.45) is 2.34. The Morgan fingerprint density at radius 3 is 3.10 bits per heavy atom. The number of rotatable bonds is 3. The van der Waals surface area contributed by atoms with Gasteiger partial charge in [-0.3, -0.25) is 0 Å². The molecule has 0 bridgehead atoms. The van der Waals surface area contributed by atoms with Crippen LogP contribution < -0.4 is 5.48 Å². The first kappa shape index (κ1) is 7.31. The van der Waals surface area contributed by atoms with E-state index in [2.05, 4.69) is 5.48 Å². The van der Waals surface area contributed by atoms with Crippen LogP contribution in [0, 0.1) is 0 Å². The van der Waals surface area contributed by atoms with Gasteiger partial charge in [-0.2, -0.15) is 0 Å². The number of nitrogens with one attached hydrogen (secondary N) is 1. The Labute approximate surface area is 59.6 Å². The van der Waals surface area contributed by atoms with Crippen LogP contribution in [0.2, 0.25) is 0 Å². The van der Waals surface area contributed by atoms with Gasteiger partial charge in [0.15, 0.2) is 0 Å². The van der Waals surface area contributed by atoms with Gasteiger partial charge < -0.3 is 9.62 Å². The topological polar surface area (TPSA) is 45.4 Å². The lowest BCUT2D eigenvalue weighted by Crippen LogP contribution is -2.23. The van der Waals surface area contributed by atoms with Gasteiger partial charge in [0.1, 0.15) is 5.76 Å². The number of hydrogen-bond acceptors (Lipinski definition) is 3. The Hall–Kier alpha value is -0.800. The van der Waals surface area contributed by atoms with Gasteiger partial charge in [0, 0.05) is 12.5 Å². The molecule has 1 unspecified atom stereocenters. The maximum Gasteiger partial charge on any atom is 0.105 e. The minimum atomic E-state index is 0.0474. The van der Waals surface area contributed by atoms with Crippen molar-refractivity contribution in [3.63, 3.8) is 0 Å². The molecule has 0 aromatic carbocycles. The molecule has 1 rings (SSSR count). The first-order valence-electron chi connectivity index (χ1n) is 3.25. The van der Waals surface area contributed by atoms with E-state index < -0.39 is 0 Å². The number of furan rings is 1. The molecule has 3 heteroatoms. The minimum Gasteiger partial charge on any atom is -0.469 e. The van der Waals surface area contributed by atoms with Crippen LogP contribution in [0.5, 0.6) is 0 Å². The Morgan fingerprint density at radius 2 is 2.60 bits per heavy atom. The van der Waals surface area contributed by atoms with E-state index in [1.807, 2.05) is 19.1 Å². The minimum absolute atomic E-state index is 0.0474. The number of hydroxylamine groups is 1. The van der Waals surface area contributed by atoms with Crippen LogP contribution in [0.15, 0.2) is 22.8 Å². The normalized spacial score (nSPS) is 13.4. The summed E-state index contributed by atoms with van der Waals surface area (Å²) in [5.74, 6) is 0.883. The summed E-state index contributed by atoms with van der Waals surface area (Å²) >= 11 is 0. The third kappa shape index (κ3) is 1.86. The Morgan fingerprint density at radius 1 is 1.80 bits per heavy atom. The van der Waals surface area contributed by atoms with Crippen LogP contribution in [-0.4, -0.2) is 11.2 Å². The van der Waals surface area contributed by atoms with Gasteiger partial charge in [0.25, 0.3) is 0 Å². The first-order valence-corrected chi connectivity index (χ1v) is 3.25. The molecule has 0 aliphatic heterocycles. The molecular formula is C7H11NO2. The van der Waals surface area contributed by atoms with Gasteiger partial charge in [0.05, 0.1) is 6.26 Å². The van der Waals surface area contributed by atoms with Crippen LogP contribution in [-0.2, 0) is 6.42 Å². The average molecular weight is 141 g/mol. The van der Waals surface area contributed by atoms with Crippen molar-refractivity contribution in [1.82, 2.24) is 5.48 Å². The molecule has 1 aromatic rings. The van der Waals surface area contributed by atoms with E-state index in [1.54, 1.807) is 6.26 Å². The molecule has 0 spiro atoms. The van der Waals surface area contributed by atoms with Gasteiger partial charge >= 0.3 is 0 Å². The molecule has 1 heterocycles. The largest absolute Gasteiger partial charge is 0.469 e. The van der Waals surface area contributed by atoms with Crippen LogP contribution in [0.25, 0.3) is 0 Å². The van der Waals surface area contributed by atoms with E-state index in [1.165, 1.54) is 0 Å². The molecule has 0 fully saturated rings. The lowest BCUT2D eigenvalue weighted by atomic mass is 10.2. The van der Waals surface area contributed by atoms with Gasteiger partial charge in [-0.05, 0) is 19.1 Å². The second kappa shape index (κ2) is 3.39. The van der Waals surface area contributed by atoms with E-state index in [0.717, 1.165) is 5.76 Å². The van der Waals surface area contributed by atoms with Crippen molar-refractivity contribution >= 4 is 0 Å². The van der Waals surface area contributed by atoms with Crippen molar-refractivity contribution in [2.24, 2.45) is 0 Å². The summed E-state index contributed by atoms with van der Waals surface area (Å²) < 4.78 is 5.05. The van der Waals surface area contributed by atoms with Crippen molar-refractivity contribution < 1.29 is 9.62 Å². The summed E-state index contributed by atoms with van der Waals surface area (Å²) in [6, 6.07) is 3.76. The molecule has 0 saturated heterocycles. The van der Waals surface area contributed by atoms with E-state index in [9.17, 15) is 0 Å². The van der Waals surface area contributed by atoms with E-state index in [-0.39, 0.29) is 6.04 Å². The highest BCUT2D eigenvalue weighted by atomic mass is 16.5. The van der Waals surface area contributed by atoms with E-state index in [0.29, 0.717) is 6.42 Å². The highest BCUT2D eigenvalue weighted by Crippen LogP contribution is 2.02. The molecule has 1 atom stereocenters. The predicted molar refractivity (Wildman–Crippen MR) is 36.8 cm³/mol. The van der Waals surface area contributed by atoms with Gasteiger partial charge in [-0.15, -0.1) is 0 Å². The fraction of sp³-hybridized carbons (Fsp3) is 0.429. The molecule has 3 nitrogen and oxygen atoms in total. The molecule has 56 valence electrons. The van der Waals surface area contributed by atoms with Crippen molar-refractivity contribution in [2.75, 3.05) is 0 Å². The van der Waals surface area contributed by atoms with Crippen LogP contribution in [0.1, 0.15) is 12.7 Å². The van der Waals surface area contributed by atoms with Gasteiger partial charge in [0.2, 0.25) is 0 Å². The molecule has 0 amide bonds. The third-order valence-electron chi connectivity index (χ3n) is 1.31. The molecule has 0 aliphatic carbocycles. The molecule has 1 aromatic heterocycles. The van der Waals surface area contributed by atoms with Crippen LogP contribution in [0.3, 0.4) is 0 Å². The Balaban J connectivity index is 2.40. The molecule has 0 aliphatic rings. The fourth-order valence-electron chi connectivity index (χ4n) is 0.776. The first-order chi connectivity index (χ1) is 4.83. The molecule has 10 heavy (non-hydrogen) atoms. The van der Waals surface area contributed by atoms with Gasteiger partial charge in [-0.25, -0.2) is 5.48 Å². The summed E-state index contributed by atoms with van der Waals surface area (Å²) in [5, 5.41) is 8.44. The maximum atomic E-state index is 8.44. The SMILES string of the molecule is CC(Cc1ccco1)NO.